The van der Waals surface area contributed by atoms with E-state index in [1.807, 2.05) is 17.0 Å². The van der Waals surface area contributed by atoms with Gasteiger partial charge in [-0.2, -0.15) is 4.98 Å². The summed E-state index contributed by atoms with van der Waals surface area (Å²) < 4.78 is 10.6. The molecule has 5 rings (SSSR count). The molecule has 0 atom stereocenters. The lowest BCUT2D eigenvalue weighted by atomic mass is 10.1. The van der Waals surface area contributed by atoms with E-state index in [9.17, 15) is 20.0 Å². The van der Waals surface area contributed by atoms with E-state index in [1.165, 1.54) is 12.1 Å². The van der Waals surface area contributed by atoms with Gasteiger partial charge >= 0.3 is 0 Å². The van der Waals surface area contributed by atoms with E-state index < -0.39 is 4.92 Å². The van der Waals surface area contributed by atoms with Crippen molar-refractivity contribution in [2.75, 3.05) is 38.2 Å². The number of benzene rings is 3. The number of carbonyl (C=O) groups excluding carboxylic acids is 1. The van der Waals surface area contributed by atoms with Crippen LogP contribution in [-0.4, -0.2) is 64.6 Å². The summed E-state index contributed by atoms with van der Waals surface area (Å²) in [5.41, 5.74) is 2.87. The van der Waals surface area contributed by atoms with E-state index in [1.54, 1.807) is 43.5 Å². The second kappa shape index (κ2) is 10.7. The second-order valence-electron chi connectivity index (χ2n) is 8.89. The maximum atomic E-state index is 12.0. The van der Waals surface area contributed by atoms with E-state index >= 15 is 0 Å². The van der Waals surface area contributed by atoms with E-state index in [4.69, 9.17) is 9.26 Å². The lowest BCUT2D eigenvalue weighted by molar-refractivity contribution is -0.384. The van der Waals surface area contributed by atoms with Gasteiger partial charge in [0.25, 0.3) is 11.6 Å². The molecule has 38 heavy (non-hydrogen) atoms. The molecule has 0 amide bonds. The lowest BCUT2D eigenvalue weighted by Gasteiger charge is -2.35. The number of rotatable bonds is 8. The number of aromatic nitrogens is 2. The van der Waals surface area contributed by atoms with Crippen LogP contribution in [0.15, 0.2) is 65.2 Å². The Balaban J connectivity index is 1.29. The van der Waals surface area contributed by atoms with Crippen LogP contribution < -0.4 is 9.64 Å². The number of nitrogens with zero attached hydrogens (tertiary/aromatic N) is 5. The van der Waals surface area contributed by atoms with Crippen LogP contribution in [0.25, 0.3) is 22.8 Å². The van der Waals surface area contributed by atoms with Crippen molar-refractivity contribution in [3.8, 4) is 34.3 Å². The summed E-state index contributed by atoms with van der Waals surface area (Å²) in [6.45, 7) is 3.18. The van der Waals surface area contributed by atoms with E-state index in [2.05, 4.69) is 15.0 Å². The largest absolute Gasteiger partial charge is 0.507 e. The molecule has 11 heteroatoms. The maximum Gasteiger partial charge on any atom is 0.293 e. The average Bonchev–Trinajstić information content (AvgIpc) is 3.45. The third-order valence-electron chi connectivity index (χ3n) is 6.53. The van der Waals surface area contributed by atoms with Gasteiger partial charge in [-0.15, -0.1) is 0 Å². The summed E-state index contributed by atoms with van der Waals surface area (Å²) in [4.78, 5) is 31.3. The number of nitro groups is 1. The molecule has 11 nitrogen and oxygen atoms in total. The normalized spacial score (nSPS) is 13.9. The molecule has 0 radical (unpaired) electrons. The molecule has 194 valence electrons. The van der Waals surface area contributed by atoms with Gasteiger partial charge in [0.15, 0.2) is 6.29 Å². The molecule has 0 aliphatic carbocycles. The number of hydrogen-bond donors (Lipinski definition) is 1. The SMILES string of the molecule is COc1ccc(-c2noc(-c3ccc(N4CCN(Cc5ccc(O)c(C=O)c5)CC4)c([N+](=O)[O-])c3)n2)cc1. The molecule has 1 aromatic heterocycles. The van der Waals surface area contributed by atoms with Gasteiger partial charge in [0.1, 0.15) is 17.2 Å². The molecule has 1 fully saturated rings. The first-order chi connectivity index (χ1) is 18.4. The Labute approximate surface area is 218 Å². The van der Waals surface area contributed by atoms with E-state index in [-0.39, 0.29) is 22.9 Å². The number of aldehydes is 1. The van der Waals surface area contributed by atoms with Gasteiger partial charge < -0.3 is 19.3 Å². The van der Waals surface area contributed by atoms with Gasteiger partial charge in [0.05, 0.1) is 17.6 Å². The van der Waals surface area contributed by atoms with Crippen molar-refractivity contribution in [3.63, 3.8) is 0 Å². The Morgan fingerprint density at radius 3 is 2.47 bits per heavy atom. The van der Waals surface area contributed by atoms with Crippen LogP contribution in [0.5, 0.6) is 11.5 Å². The van der Waals surface area contributed by atoms with Crippen LogP contribution >= 0.6 is 0 Å². The van der Waals surface area contributed by atoms with Crippen LogP contribution in [0, 0.1) is 10.1 Å². The molecule has 4 aromatic rings. The predicted octanol–water partition coefficient (Wildman–Crippen LogP) is 4.16. The molecule has 1 aliphatic rings. The van der Waals surface area contributed by atoms with Crippen molar-refractivity contribution in [1.82, 2.24) is 15.0 Å². The number of ether oxygens (including phenoxy) is 1. The Morgan fingerprint density at radius 2 is 1.79 bits per heavy atom. The van der Waals surface area contributed by atoms with Crippen LogP contribution in [-0.2, 0) is 6.54 Å². The van der Waals surface area contributed by atoms with Gasteiger partial charge in [0, 0.05) is 49.9 Å². The zero-order valence-corrected chi connectivity index (χ0v) is 20.6. The second-order valence-corrected chi connectivity index (χ2v) is 8.89. The first-order valence-corrected chi connectivity index (χ1v) is 12.0. The number of nitro benzene ring substituents is 1. The highest BCUT2D eigenvalue weighted by Crippen LogP contribution is 2.34. The number of carbonyl (C=O) groups is 1. The monoisotopic (exact) mass is 515 g/mol. The molecule has 3 aromatic carbocycles. The van der Waals surface area contributed by atoms with Gasteiger partial charge in [-0.3, -0.25) is 19.8 Å². The van der Waals surface area contributed by atoms with Crippen molar-refractivity contribution in [2.24, 2.45) is 0 Å². The van der Waals surface area contributed by atoms with Crippen LogP contribution in [0.1, 0.15) is 15.9 Å². The molecule has 2 heterocycles. The van der Waals surface area contributed by atoms with E-state index in [0.717, 1.165) is 11.1 Å². The average molecular weight is 516 g/mol. The number of aromatic hydroxyl groups is 1. The minimum atomic E-state index is -0.399. The van der Waals surface area contributed by atoms with Crippen molar-refractivity contribution in [3.05, 3.63) is 81.9 Å². The molecule has 0 unspecified atom stereocenters. The van der Waals surface area contributed by atoms with Crippen molar-refractivity contribution in [2.45, 2.75) is 6.54 Å². The Morgan fingerprint density at radius 1 is 1.05 bits per heavy atom. The summed E-state index contributed by atoms with van der Waals surface area (Å²) >= 11 is 0. The Kier molecular flexibility index (Phi) is 7.00. The molecule has 1 aliphatic heterocycles. The molecular formula is C27H25N5O6. The van der Waals surface area contributed by atoms with Crippen LogP contribution in [0.3, 0.4) is 0 Å². The van der Waals surface area contributed by atoms with Gasteiger partial charge in [-0.25, -0.2) is 0 Å². The predicted molar refractivity (Wildman–Crippen MR) is 139 cm³/mol. The first kappa shape index (κ1) is 24.9. The van der Waals surface area contributed by atoms with E-state index in [0.29, 0.717) is 61.8 Å². The Bertz CT molecular complexity index is 1460. The molecule has 1 N–H and O–H groups in total. The fraction of sp³-hybridized carbons (Fsp3) is 0.222. The zero-order valence-electron chi connectivity index (χ0n) is 20.6. The number of anilines is 1. The third kappa shape index (κ3) is 5.18. The fourth-order valence-electron chi connectivity index (χ4n) is 4.47. The van der Waals surface area contributed by atoms with Crippen molar-refractivity contribution in [1.29, 1.82) is 0 Å². The topological polar surface area (TPSA) is 135 Å². The summed E-state index contributed by atoms with van der Waals surface area (Å²) in [5.74, 6) is 1.23. The summed E-state index contributed by atoms with van der Waals surface area (Å²) in [5, 5.41) is 25.7. The first-order valence-electron chi connectivity index (χ1n) is 12.0. The number of methoxy groups -OCH3 is 1. The third-order valence-corrected chi connectivity index (χ3v) is 6.53. The summed E-state index contributed by atoms with van der Waals surface area (Å²) in [6, 6.07) is 17.1. The maximum absolute atomic E-state index is 12.0. The summed E-state index contributed by atoms with van der Waals surface area (Å²) in [6.07, 6.45) is 0.633. The zero-order chi connectivity index (χ0) is 26.6. The molecule has 0 spiro atoms. The standard InChI is InChI=1S/C27H25N5O6/c1-37-22-6-3-19(4-7-22)26-28-27(38-29-26)20-5-8-23(24(15-20)32(35)36)31-12-10-30(11-13-31)16-18-2-9-25(34)21(14-18)17-33/h2-9,14-15,17,34H,10-13,16H2,1H3. The van der Waals surface area contributed by atoms with Crippen LogP contribution in [0.2, 0.25) is 0 Å². The highest BCUT2D eigenvalue weighted by atomic mass is 16.6. The van der Waals surface area contributed by atoms with Crippen molar-refractivity contribution < 1.29 is 24.1 Å². The number of hydrogen-bond acceptors (Lipinski definition) is 10. The van der Waals surface area contributed by atoms with Gasteiger partial charge in [-0.05, 0) is 54.1 Å². The van der Waals surface area contributed by atoms with Gasteiger partial charge in [-0.1, -0.05) is 11.2 Å². The fourth-order valence-corrected chi connectivity index (χ4v) is 4.47. The Hall–Kier alpha value is -4.77. The molecular weight excluding hydrogens is 490 g/mol. The van der Waals surface area contributed by atoms with Gasteiger partial charge in [0.2, 0.25) is 5.82 Å². The van der Waals surface area contributed by atoms with Crippen LogP contribution in [0.4, 0.5) is 11.4 Å². The molecule has 1 saturated heterocycles. The minimum Gasteiger partial charge on any atom is -0.507 e. The molecule has 0 bridgehead atoms. The summed E-state index contributed by atoms with van der Waals surface area (Å²) in [7, 11) is 1.58. The number of phenols is 1. The molecule has 0 saturated carbocycles. The highest BCUT2D eigenvalue weighted by Gasteiger charge is 2.25. The smallest absolute Gasteiger partial charge is 0.293 e. The highest BCUT2D eigenvalue weighted by molar-refractivity contribution is 5.79. The number of piperazine rings is 1. The quantitative estimate of drug-likeness (QED) is 0.207. The van der Waals surface area contributed by atoms with Crippen molar-refractivity contribution >= 4 is 17.7 Å². The number of phenolic OH excluding ortho intramolecular Hbond substituents is 1. The minimum absolute atomic E-state index is 0.0330. The lowest BCUT2D eigenvalue weighted by Crippen LogP contribution is -2.46.